The van der Waals surface area contributed by atoms with Crippen molar-refractivity contribution < 1.29 is 81.2 Å². The molecule has 8 aromatic carbocycles. The topological polar surface area (TPSA) is 186 Å². The molecular formula is C75H70F6N4O12Si5. The Balaban J connectivity index is 0.742. The van der Waals surface area contributed by atoms with Gasteiger partial charge in [0.1, 0.15) is 0 Å². The summed E-state index contributed by atoms with van der Waals surface area (Å²) in [5.41, 5.74) is -3.83. The number of nitrogens with zero attached hydrogens (tertiary/aromatic N) is 4. The normalized spacial score (nSPS) is 15.6. The zero-order chi connectivity index (χ0) is 73.6. The molecule has 0 radical (unpaired) electrons. The molecule has 4 heterocycles. The molecule has 1 atom stereocenters. The van der Waals surface area contributed by atoms with Crippen LogP contribution in [0.25, 0.3) is 33.4 Å². The van der Waals surface area contributed by atoms with Gasteiger partial charge in [-0.1, -0.05) is 123 Å². The number of amides is 8. The molecule has 0 N–H and O–H groups in total. The van der Waals surface area contributed by atoms with Crippen molar-refractivity contribution in [3.63, 3.8) is 0 Å². The smallest absolute Gasteiger partial charge is 0.417 e. The van der Waals surface area contributed by atoms with Crippen molar-refractivity contribution in [2.75, 3.05) is 23.4 Å². The highest BCUT2D eigenvalue weighted by Gasteiger charge is 2.55. The molecule has 16 nitrogen and oxygen atoms in total. The number of carbonyl (C=O) groups is 8. The minimum atomic E-state index is -5.39. The van der Waals surface area contributed by atoms with Crippen molar-refractivity contribution in [2.45, 2.75) is 96.5 Å². The molecule has 0 spiro atoms. The van der Waals surface area contributed by atoms with E-state index in [1.54, 1.807) is 11.8 Å². The Bertz CT molecular complexity index is 4820. The first kappa shape index (κ1) is 72.4. The zero-order valence-electron chi connectivity index (χ0n) is 57.1. The molecule has 0 aromatic heterocycles. The Morgan fingerprint density at radius 2 is 0.755 bits per heavy atom. The summed E-state index contributed by atoms with van der Waals surface area (Å²) in [6.07, 6.45) is -8.29. The van der Waals surface area contributed by atoms with E-state index in [0.29, 0.717) is 68.8 Å². The predicted octanol–water partition coefficient (Wildman–Crippen LogP) is 15.6. The van der Waals surface area contributed by atoms with Crippen LogP contribution in [-0.2, 0) is 28.8 Å². The Hall–Kier alpha value is -9.44. The number of carbonyl (C=O) groups excluding carboxylic acids is 8. The molecule has 0 fully saturated rings. The molecule has 4 aliphatic heterocycles. The van der Waals surface area contributed by atoms with Gasteiger partial charge >= 0.3 is 38.0 Å². The number of rotatable bonds is 23. The summed E-state index contributed by atoms with van der Waals surface area (Å²) in [5, 5.41) is 1.78. The van der Waals surface area contributed by atoms with Gasteiger partial charge in [-0.05, 0) is 181 Å². The highest BCUT2D eigenvalue weighted by Crippen LogP contribution is 2.47. The van der Waals surface area contributed by atoms with Gasteiger partial charge in [0.25, 0.3) is 47.3 Å². The molecule has 27 heteroatoms. The van der Waals surface area contributed by atoms with E-state index in [9.17, 15) is 38.4 Å². The summed E-state index contributed by atoms with van der Waals surface area (Å²) in [7, 11) is -13.6. The van der Waals surface area contributed by atoms with Gasteiger partial charge in [-0.3, -0.25) is 48.2 Å². The van der Waals surface area contributed by atoms with Crippen LogP contribution in [0.5, 0.6) is 0 Å². The first-order valence-corrected chi connectivity index (χ1v) is 46.3. The van der Waals surface area contributed by atoms with E-state index in [2.05, 4.69) is 52.8 Å². The van der Waals surface area contributed by atoms with Crippen molar-refractivity contribution in [2.24, 2.45) is 0 Å². The highest BCUT2D eigenvalue weighted by molar-refractivity contribution is 7.03. The van der Waals surface area contributed by atoms with E-state index in [4.69, 9.17) is 16.5 Å². The fourth-order valence-corrected chi connectivity index (χ4v) is 37.5. The van der Waals surface area contributed by atoms with E-state index < -0.39 is 136 Å². The number of anilines is 2. The molecular weight excluding hydrogens is 1400 g/mol. The van der Waals surface area contributed by atoms with E-state index in [-0.39, 0.29) is 51.1 Å². The second-order valence-electron chi connectivity index (χ2n) is 27.4. The standard InChI is InChI=1S/C75H70F6N4O12Si5/c1-11-13-38-98(4,5)94-100(8,9)96-102(52-21-16-14-17-22-52,53-23-18-15-19-24-53)97-101(10,12-2)95-99(6,7)39-20-37-83-68(88)57-32-26-47(41-61(57)69(83)89)49-28-34-59-63(43-49)73(93)85(71(59)91)51-30-36-55(65(45-51)75(79,80)81)54-35-29-50(44-64(54)74(76,77)78)84-70(90)58-33-27-48(42-62(58)72(84)92)46-25-31-56-60(40-46)67(87)82(3)66(56)86/h12,14-19,21-36,40-45H,2,11,13,20,37-39H2,1,3-10H3. The summed E-state index contributed by atoms with van der Waals surface area (Å²) in [5.74, 6) is -6.34. The van der Waals surface area contributed by atoms with Gasteiger partial charge in [-0.2, -0.15) is 26.3 Å². The lowest BCUT2D eigenvalue weighted by molar-refractivity contribution is -0.139. The Morgan fingerprint density at radius 1 is 0.402 bits per heavy atom. The van der Waals surface area contributed by atoms with Crippen LogP contribution in [0.3, 0.4) is 0 Å². The van der Waals surface area contributed by atoms with Crippen LogP contribution < -0.4 is 20.2 Å². The summed E-state index contributed by atoms with van der Waals surface area (Å²) in [6.45, 7) is 21.2. The summed E-state index contributed by atoms with van der Waals surface area (Å²) in [4.78, 5) is 113. The molecule has 102 heavy (non-hydrogen) atoms. The largest absolute Gasteiger partial charge is 0.436 e. The summed E-state index contributed by atoms with van der Waals surface area (Å²) >= 11 is 0. The molecule has 0 saturated carbocycles. The Kier molecular flexibility index (Phi) is 19.0. The van der Waals surface area contributed by atoms with Crippen LogP contribution in [0.2, 0.25) is 57.9 Å². The zero-order valence-corrected chi connectivity index (χ0v) is 62.1. The van der Waals surface area contributed by atoms with Gasteiger partial charge in [0.05, 0.1) is 67.0 Å². The number of halogens is 6. The maximum absolute atomic E-state index is 15.3. The molecule has 4 aliphatic rings. The summed E-state index contributed by atoms with van der Waals surface area (Å²) in [6, 6.07) is 42.3. The lowest BCUT2D eigenvalue weighted by Gasteiger charge is -2.45. The van der Waals surface area contributed by atoms with Crippen molar-refractivity contribution in [1.29, 1.82) is 0 Å². The SMILES string of the molecule is C=C[Si](C)(O[Si](C)(C)CCCN1C(=O)c2ccc(-c3ccc4c(c3)C(=O)N(c3ccc(-c5ccc(N6C(=O)c7ccc(-c8ccc9c(c8)C(=O)N(C)C9=O)cc7C6=O)cc5C(F)(F)F)c(C(F)(F)F)c3)C4=O)cc2C1=O)O[Si](O[Si](C)(C)O[Si](C)(C)CCCC)(c1ccccc1)c1ccccc1. The predicted molar refractivity (Wildman–Crippen MR) is 385 cm³/mol. The van der Waals surface area contributed by atoms with Crippen molar-refractivity contribution in [1.82, 2.24) is 9.80 Å². The first-order valence-electron chi connectivity index (χ1n) is 33.0. The van der Waals surface area contributed by atoms with E-state index in [0.717, 1.165) is 46.3 Å². The highest BCUT2D eigenvalue weighted by atomic mass is 28.5. The van der Waals surface area contributed by atoms with Crippen LogP contribution in [0.1, 0.15) is 120 Å². The third-order valence-electron chi connectivity index (χ3n) is 18.6. The second-order valence-corrected chi connectivity index (χ2v) is 46.4. The average molecular weight is 1470 g/mol. The monoisotopic (exact) mass is 1470 g/mol. The molecule has 0 aliphatic carbocycles. The van der Waals surface area contributed by atoms with Crippen LogP contribution in [0, 0.1) is 0 Å². The number of imide groups is 4. The van der Waals surface area contributed by atoms with Gasteiger partial charge in [-0.15, -0.1) is 6.58 Å². The molecule has 8 aromatic rings. The van der Waals surface area contributed by atoms with E-state index >= 15 is 26.3 Å². The van der Waals surface area contributed by atoms with Gasteiger partial charge < -0.3 is 16.5 Å². The number of hydrogen-bond acceptors (Lipinski definition) is 12. The van der Waals surface area contributed by atoms with Crippen LogP contribution in [0.4, 0.5) is 37.7 Å². The second kappa shape index (κ2) is 26.7. The summed E-state index contributed by atoms with van der Waals surface area (Å²) < 4.78 is 121. The van der Waals surface area contributed by atoms with Crippen molar-refractivity contribution >= 4 is 111 Å². The Morgan fingerprint density at radius 3 is 1.18 bits per heavy atom. The lowest BCUT2D eigenvalue weighted by atomic mass is 9.93. The molecule has 12 rings (SSSR count). The molecule has 8 amide bonds. The van der Waals surface area contributed by atoms with E-state index in [1.165, 1.54) is 78.7 Å². The minimum absolute atomic E-state index is 0.0491. The number of fused-ring (bicyclic) bond motifs is 4. The maximum Gasteiger partial charge on any atom is 0.417 e. The van der Waals surface area contributed by atoms with Gasteiger partial charge in [0, 0.05) is 13.6 Å². The van der Waals surface area contributed by atoms with Crippen molar-refractivity contribution in [3.8, 4) is 33.4 Å². The third-order valence-corrected chi connectivity index (χ3v) is 38.6. The van der Waals surface area contributed by atoms with E-state index in [1.807, 2.05) is 67.2 Å². The molecule has 0 bridgehead atoms. The fraction of sp³-hybridized carbons (Fsp3) is 0.227. The Labute approximate surface area is 590 Å². The lowest BCUT2D eigenvalue weighted by Crippen LogP contribution is -2.72. The van der Waals surface area contributed by atoms with Gasteiger partial charge in [0.2, 0.25) is 0 Å². The number of hydrogen-bond donors (Lipinski definition) is 0. The van der Waals surface area contributed by atoms with Crippen LogP contribution >= 0.6 is 0 Å². The van der Waals surface area contributed by atoms with Gasteiger partial charge in [-0.25, -0.2) is 9.80 Å². The van der Waals surface area contributed by atoms with Crippen molar-refractivity contribution in [3.05, 3.63) is 238 Å². The quantitative estimate of drug-likeness (QED) is 0.0336. The fourth-order valence-electron chi connectivity index (χ4n) is 13.9. The number of alkyl halides is 6. The number of unbranched alkanes of at least 4 members (excludes halogenated alkanes) is 1. The van der Waals surface area contributed by atoms with Gasteiger partial charge in [0.15, 0.2) is 16.6 Å². The third kappa shape index (κ3) is 13.5. The molecule has 524 valence electrons. The molecule has 0 saturated heterocycles. The minimum Gasteiger partial charge on any atom is -0.436 e. The average Bonchev–Trinajstić information content (AvgIpc) is 1.23. The first-order chi connectivity index (χ1) is 48.0. The maximum atomic E-state index is 15.3. The molecule has 1 unspecified atom stereocenters. The van der Waals surface area contributed by atoms with Crippen LogP contribution in [-0.4, -0.2) is 113 Å². The number of benzene rings is 8. The van der Waals surface area contributed by atoms with Crippen LogP contribution in [0.15, 0.2) is 182 Å².